The van der Waals surface area contributed by atoms with Gasteiger partial charge in [-0.05, 0) is 62.1 Å². The third kappa shape index (κ3) is 4.79. The van der Waals surface area contributed by atoms with Gasteiger partial charge in [-0.3, -0.25) is 9.59 Å². The van der Waals surface area contributed by atoms with E-state index in [2.05, 4.69) is 17.2 Å². The second-order valence-corrected chi connectivity index (χ2v) is 8.32. The molecule has 1 aromatic heterocycles. The molecular weight excluding hydrogens is 390 g/mol. The first-order chi connectivity index (χ1) is 15.0. The van der Waals surface area contributed by atoms with Crippen molar-refractivity contribution in [3.63, 3.8) is 0 Å². The minimum Gasteiger partial charge on any atom is -0.436 e. The molecule has 0 spiro atoms. The van der Waals surface area contributed by atoms with Crippen molar-refractivity contribution in [2.45, 2.75) is 57.5 Å². The first kappa shape index (κ1) is 21.1. The van der Waals surface area contributed by atoms with Gasteiger partial charge >= 0.3 is 0 Å². The molecule has 1 unspecified atom stereocenters. The SMILES string of the molecule is CCCCC(=O)NC1CC[C@@H](N(C)C(=O)c2ccc(-c3nc4ccccc4o3)cc2)C1. The van der Waals surface area contributed by atoms with Crippen LogP contribution in [0.2, 0.25) is 0 Å². The Morgan fingerprint density at radius 3 is 2.65 bits per heavy atom. The molecule has 1 fully saturated rings. The standard InChI is InChI=1S/C25H29N3O3/c1-3-4-9-23(29)26-19-14-15-20(16-19)28(2)25(30)18-12-10-17(11-13-18)24-27-21-7-5-6-8-22(21)31-24/h5-8,10-13,19-20H,3-4,9,14-16H2,1-2H3,(H,26,29)/t19?,20-/m1/s1. The number of hydrogen-bond acceptors (Lipinski definition) is 4. The van der Waals surface area contributed by atoms with Crippen LogP contribution in [-0.4, -0.2) is 40.8 Å². The summed E-state index contributed by atoms with van der Waals surface area (Å²) in [5.74, 6) is 0.661. The lowest BCUT2D eigenvalue weighted by atomic mass is 10.1. The Hall–Kier alpha value is -3.15. The highest BCUT2D eigenvalue weighted by molar-refractivity contribution is 5.94. The zero-order valence-electron chi connectivity index (χ0n) is 18.1. The van der Waals surface area contributed by atoms with Gasteiger partial charge in [0.05, 0.1) is 0 Å². The van der Waals surface area contributed by atoms with Crippen molar-refractivity contribution < 1.29 is 14.0 Å². The van der Waals surface area contributed by atoms with Gasteiger partial charge in [-0.15, -0.1) is 0 Å². The number of hydrogen-bond donors (Lipinski definition) is 1. The molecule has 6 nitrogen and oxygen atoms in total. The van der Waals surface area contributed by atoms with Crippen LogP contribution in [0.25, 0.3) is 22.6 Å². The Morgan fingerprint density at radius 2 is 1.90 bits per heavy atom. The van der Waals surface area contributed by atoms with Gasteiger partial charge in [-0.25, -0.2) is 4.98 Å². The highest BCUT2D eigenvalue weighted by Gasteiger charge is 2.31. The lowest BCUT2D eigenvalue weighted by Gasteiger charge is -2.25. The Bertz CT molecular complexity index is 1020. The van der Waals surface area contributed by atoms with Crippen molar-refractivity contribution in [2.24, 2.45) is 0 Å². The summed E-state index contributed by atoms with van der Waals surface area (Å²) in [4.78, 5) is 31.3. The van der Waals surface area contributed by atoms with Gasteiger partial charge in [0.25, 0.3) is 5.91 Å². The maximum absolute atomic E-state index is 13.0. The Morgan fingerprint density at radius 1 is 1.13 bits per heavy atom. The van der Waals surface area contributed by atoms with E-state index in [9.17, 15) is 9.59 Å². The average molecular weight is 420 g/mol. The van der Waals surface area contributed by atoms with Gasteiger partial charge in [0, 0.05) is 36.7 Å². The average Bonchev–Trinajstić information content (AvgIpc) is 3.44. The lowest BCUT2D eigenvalue weighted by molar-refractivity contribution is -0.121. The second kappa shape index (κ2) is 9.33. The largest absolute Gasteiger partial charge is 0.436 e. The Kier molecular flexibility index (Phi) is 6.35. The zero-order chi connectivity index (χ0) is 21.8. The number of fused-ring (bicyclic) bond motifs is 1. The van der Waals surface area contributed by atoms with E-state index < -0.39 is 0 Å². The quantitative estimate of drug-likeness (QED) is 0.597. The molecule has 1 N–H and O–H groups in total. The fourth-order valence-electron chi connectivity index (χ4n) is 4.20. The summed E-state index contributed by atoms with van der Waals surface area (Å²) in [6.45, 7) is 2.08. The Balaban J connectivity index is 1.37. The number of nitrogens with zero attached hydrogens (tertiary/aromatic N) is 2. The zero-order valence-corrected chi connectivity index (χ0v) is 18.1. The monoisotopic (exact) mass is 419 g/mol. The van der Waals surface area contributed by atoms with Crippen molar-refractivity contribution in [1.82, 2.24) is 15.2 Å². The number of carbonyl (C=O) groups is 2. The van der Waals surface area contributed by atoms with E-state index in [1.807, 2.05) is 60.5 Å². The molecule has 1 heterocycles. The third-order valence-electron chi connectivity index (χ3n) is 6.07. The predicted octanol–water partition coefficient (Wildman–Crippen LogP) is 4.79. The normalized spacial score (nSPS) is 18.3. The van der Waals surface area contributed by atoms with Gasteiger partial charge < -0.3 is 14.6 Å². The highest BCUT2D eigenvalue weighted by Crippen LogP contribution is 2.27. The minimum atomic E-state index is -0.00734. The van der Waals surface area contributed by atoms with E-state index in [1.165, 1.54) is 0 Å². The van der Waals surface area contributed by atoms with Gasteiger partial charge in [0.2, 0.25) is 11.8 Å². The highest BCUT2D eigenvalue weighted by atomic mass is 16.3. The lowest BCUT2D eigenvalue weighted by Crippen LogP contribution is -2.38. The number of oxazole rings is 1. The minimum absolute atomic E-state index is 0.00734. The number of amides is 2. The van der Waals surface area contributed by atoms with Gasteiger partial charge in [0.1, 0.15) is 5.52 Å². The molecule has 0 bridgehead atoms. The Labute approximate surface area is 182 Å². The van der Waals surface area contributed by atoms with Crippen LogP contribution >= 0.6 is 0 Å². The molecule has 3 aromatic rings. The first-order valence-electron chi connectivity index (χ1n) is 11.1. The van der Waals surface area contributed by atoms with Crippen molar-refractivity contribution in [3.05, 3.63) is 54.1 Å². The molecule has 0 saturated heterocycles. The van der Waals surface area contributed by atoms with Crippen molar-refractivity contribution in [2.75, 3.05) is 7.05 Å². The number of carbonyl (C=O) groups excluding carboxylic acids is 2. The summed E-state index contributed by atoms with van der Waals surface area (Å²) in [6.07, 6.45) is 5.14. The van der Waals surface area contributed by atoms with Crippen LogP contribution in [0.3, 0.4) is 0 Å². The molecule has 162 valence electrons. The van der Waals surface area contributed by atoms with Gasteiger partial charge in [-0.2, -0.15) is 0 Å². The number of aromatic nitrogens is 1. The number of unbranched alkanes of at least 4 members (excludes halogenated alkanes) is 1. The molecule has 2 atom stereocenters. The molecule has 1 aliphatic carbocycles. The molecule has 31 heavy (non-hydrogen) atoms. The van der Waals surface area contributed by atoms with Crippen LogP contribution in [0.4, 0.5) is 0 Å². The van der Waals surface area contributed by atoms with E-state index in [4.69, 9.17) is 4.42 Å². The fraction of sp³-hybridized carbons (Fsp3) is 0.400. The molecule has 0 aliphatic heterocycles. The smallest absolute Gasteiger partial charge is 0.253 e. The van der Waals surface area contributed by atoms with E-state index in [0.717, 1.165) is 48.8 Å². The van der Waals surface area contributed by atoms with Gasteiger partial charge in [0.15, 0.2) is 5.58 Å². The second-order valence-electron chi connectivity index (χ2n) is 8.32. The molecule has 0 radical (unpaired) electrons. The summed E-state index contributed by atoms with van der Waals surface area (Å²) in [7, 11) is 1.85. The third-order valence-corrected chi connectivity index (χ3v) is 6.07. The summed E-state index contributed by atoms with van der Waals surface area (Å²) >= 11 is 0. The molecule has 1 aliphatic rings. The van der Waals surface area contributed by atoms with E-state index in [-0.39, 0.29) is 23.9 Å². The van der Waals surface area contributed by atoms with Crippen LogP contribution in [0.5, 0.6) is 0 Å². The van der Waals surface area contributed by atoms with Crippen molar-refractivity contribution >= 4 is 22.9 Å². The van der Waals surface area contributed by atoms with E-state index in [0.29, 0.717) is 17.9 Å². The molecule has 6 heteroatoms. The maximum Gasteiger partial charge on any atom is 0.253 e. The topological polar surface area (TPSA) is 75.4 Å². The van der Waals surface area contributed by atoms with Gasteiger partial charge in [-0.1, -0.05) is 25.5 Å². The number of rotatable bonds is 7. The summed E-state index contributed by atoms with van der Waals surface area (Å²) in [5, 5.41) is 3.12. The molecule has 1 saturated carbocycles. The van der Waals surface area contributed by atoms with Crippen LogP contribution in [0.15, 0.2) is 52.9 Å². The number of nitrogens with one attached hydrogen (secondary N) is 1. The van der Waals surface area contributed by atoms with Crippen LogP contribution in [0, 0.1) is 0 Å². The first-order valence-corrected chi connectivity index (χ1v) is 11.1. The molecule has 2 aromatic carbocycles. The van der Waals surface area contributed by atoms with Crippen LogP contribution in [-0.2, 0) is 4.79 Å². The van der Waals surface area contributed by atoms with E-state index in [1.54, 1.807) is 0 Å². The maximum atomic E-state index is 13.0. The molecular formula is C25H29N3O3. The van der Waals surface area contributed by atoms with Crippen molar-refractivity contribution in [3.8, 4) is 11.5 Å². The molecule has 2 amide bonds. The number of para-hydroxylation sites is 2. The summed E-state index contributed by atoms with van der Waals surface area (Å²) in [6, 6.07) is 15.3. The van der Waals surface area contributed by atoms with Crippen molar-refractivity contribution in [1.29, 1.82) is 0 Å². The predicted molar refractivity (Wildman–Crippen MR) is 121 cm³/mol. The number of benzene rings is 2. The summed E-state index contributed by atoms with van der Waals surface area (Å²) < 4.78 is 5.81. The van der Waals surface area contributed by atoms with E-state index >= 15 is 0 Å². The van der Waals surface area contributed by atoms with Crippen LogP contribution in [0.1, 0.15) is 55.8 Å². The summed E-state index contributed by atoms with van der Waals surface area (Å²) in [5.41, 5.74) is 3.04. The van der Waals surface area contributed by atoms with Crippen LogP contribution < -0.4 is 5.32 Å². The molecule has 4 rings (SSSR count). The fourth-order valence-corrected chi connectivity index (χ4v) is 4.20.